The number of amides is 1. The van der Waals surface area contributed by atoms with Gasteiger partial charge in [0.15, 0.2) is 5.78 Å². The van der Waals surface area contributed by atoms with Gasteiger partial charge in [0.25, 0.3) is 0 Å². The Morgan fingerprint density at radius 3 is 2.50 bits per heavy atom. The summed E-state index contributed by atoms with van der Waals surface area (Å²) in [6.07, 6.45) is 2.59. The summed E-state index contributed by atoms with van der Waals surface area (Å²) in [5.41, 5.74) is 2.94. The summed E-state index contributed by atoms with van der Waals surface area (Å²) >= 11 is 0. The van der Waals surface area contributed by atoms with Crippen LogP contribution in [0.3, 0.4) is 0 Å². The SMILES string of the molecule is CCC(=O)N(CCc1ccccn1)CC(=O)c1c(C)c(C(=O)OC)n(C)c1C. The molecule has 0 aliphatic rings. The first-order valence-electron chi connectivity index (χ1n) is 9.26. The molecule has 0 aliphatic heterocycles. The Morgan fingerprint density at radius 1 is 1.21 bits per heavy atom. The second kappa shape index (κ2) is 9.30. The zero-order chi connectivity index (χ0) is 20.8. The molecule has 2 aromatic rings. The van der Waals surface area contributed by atoms with Crippen LogP contribution in [0.15, 0.2) is 24.4 Å². The van der Waals surface area contributed by atoms with Crippen molar-refractivity contribution in [3.8, 4) is 0 Å². The van der Waals surface area contributed by atoms with Crippen LogP contribution in [0.4, 0.5) is 0 Å². The lowest BCUT2D eigenvalue weighted by Gasteiger charge is -2.21. The summed E-state index contributed by atoms with van der Waals surface area (Å²) in [6, 6.07) is 5.62. The van der Waals surface area contributed by atoms with E-state index in [9.17, 15) is 14.4 Å². The number of esters is 1. The van der Waals surface area contributed by atoms with Gasteiger partial charge in [0.05, 0.1) is 13.7 Å². The highest BCUT2D eigenvalue weighted by molar-refractivity contribution is 6.04. The first kappa shape index (κ1) is 21.3. The molecule has 0 aliphatic carbocycles. The van der Waals surface area contributed by atoms with Gasteiger partial charge in [-0.25, -0.2) is 4.79 Å². The summed E-state index contributed by atoms with van der Waals surface area (Å²) < 4.78 is 6.49. The lowest BCUT2D eigenvalue weighted by atomic mass is 10.0. The number of carbonyl (C=O) groups is 3. The Labute approximate surface area is 165 Å². The third-order valence-corrected chi connectivity index (χ3v) is 4.94. The highest BCUT2D eigenvalue weighted by Gasteiger charge is 2.27. The van der Waals surface area contributed by atoms with Crippen LogP contribution >= 0.6 is 0 Å². The molecule has 7 heteroatoms. The van der Waals surface area contributed by atoms with E-state index in [2.05, 4.69) is 4.98 Å². The highest BCUT2D eigenvalue weighted by atomic mass is 16.5. The maximum absolute atomic E-state index is 13.0. The number of ketones is 1. The van der Waals surface area contributed by atoms with Crippen molar-refractivity contribution in [1.29, 1.82) is 0 Å². The van der Waals surface area contributed by atoms with Crippen molar-refractivity contribution in [3.63, 3.8) is 0 Å². The van der Waals surface area contributed by atoms with Crippen molar-refractivity contribution in [2.45, 2.75) is 33.6 Å². The number of rotatable bonds is 8. The second-order valence-electron chi connectivity index (χ2n) is 6.65. The van der Waals surface area contributed by atoms with Crippen LogP contribution in [-0.2, 0) is 23.0 Å². The fourth-order valence-electron chi connectivity index (χ4n) is 3.34. The molecule has 2 rings (SSSR count). The molecule has 28 heavy (non-hydrogen) atoms. The van der Waals surface area contributed by atoms with Gasteiger partial charge in [0, 0.05) is 49.6 Å². The van der Waals surface area contributed by atoms with Gasteiger partial charge in [-0.2, -0.15) is 0 Å². The number of ether oxygens (including phenoxy) is 1. The first-order valence-corrected chi connectivity index (χ1v) is 9.26. The van der Waals surface area contributed by atoms with Crippen LogP contribution < -0.4 is 0 Å². The summed E-state index contributed by atoms with van der Waals surface area (Å²) in [6.45, 7) is 5.66. The van der Waals surface area contributed by atoms with Crippen molar-refractivity contribution in [3.05, 3.63) is 52.6 Å². The Bertz CT molecular complexity index is 872. The van der Waals surface area contributed by atoms with E-state index in [-0.39, 0.29) is 18.2 Å². The van der Waals surface area contributed by atoms with Gasteiger partial charge in [-0.05, 0) is 31.5 Å². The number of aromatic nitrogens is 2. The van der Waals surface area contributed by atoms with Crippen molar-refractivity contribution in [2.75, 3.05) is 20.2 Å². The molecular formula is C21H27N3O4. The number of hydrogen-bond acceptors (Lipinski definition) is 5. The van der Waals surface area contributed by atoms with Gasteiger partial charge in [-0.15, -0.1) is 0 Å². The van der Waals surface area contributed by atoms with Crippen molar-refractivity contribution < 1.29 is 19.1 Å². The Balaban J connectivity index is 2.24. The van der Waals surface area contributed by atoms with Crippen molar-refractivity contribution >= 4 is 17.7 Å². The average Bonchev–Trinajstić information content (AvgIpc) is 2.93. The van der Waals surface area contributed by atoms with Crippen LogP contribution in [0, 0.1) is 13.8 Å². The molecule has 0 fully saturated rings. The lowest BCUT2D eigenvalue weighted by Crippen LogP contribution is -2.37. The third-order valence-electron chi connectivity index (χ3n) is 4.94. The minimum Gasteiger partial charge on any atom is -0.464 e. The standard InChI is InChI=1S/C21H27N3O4/c1-6-18(26)24(12-10-16-9-7-8-11-22-16)13-17(25)19-14(2)20(21(27)28-5)23(4)15(19)3/h7-9,11H,6,10,12-13H2,1-5H3. The van der Waals surface area contributed by atoms with E-state index in [1.54, 1.807) is 43.5 Å². The molecule has 2 heterocycles. The number of hydrogen-bond donors (Lipinski definition) is 0. The zero-order valence-electron chi connectivity index (χ0n) is 17.1. The van der Waals surface area contributed by atoms with Crippen LogP contribution in [0.1, 0.15) is 51.1 Å². The fourth-order valence-corrected chi connectivity index (χ4v) is 3.34. The van der Waals surface area contributed by atoms with Crippen LogP contribution in [0.5, 0.6) is 0 Å². The quantitative estimate of drug-likeness (QED) is 0.515. The molecule has 1 amide bonds. The van der Waals surface area contributed by atoms with Crippen LogP contribution in [-0.4, -0.2) is 52.3 Å². The molecule has 2 aromatic heterocycles. The minimum absolute atomic E-state index is 0.0359. The Kier molecular flexibility index (Phi) is 7.09. The maximum Gasteiger partial charge on any atom is 0.354 e. The number of nitrogens with zero attached hydrogens (tertiary/aromatic N) is 3. The molecule has 0 N–H and O–H groups in total. The van der Waals surface area contributed by atoms with E-state index in [4.69, 9.17) is 4.74 Å². The highest BCUT2D eigenvalue weighted by Crippen LogP contribution is 2.23. The Morgan fingerprint density at radius 2 is 1.93 bits per heavy atom. The molecule has 0 atom stereocenters. The van der Waals surface area contributed by atoms with Crippen LogP contribution in [0.25, 0.3) is 0 Å². The van der Waals surface area contributed by atoms with Crippen molar-refractivity contribution in [1.82, 2.24) is 14.5 Å². The first-order chi connectivity index (χ1) is 13.3. The number of methoxy groups -OCH3 is 1. The summed E-state index contributed by atoms with van der Waals surface area (Å²) in [4.78, 5) is 43.3. The Hall–Kier alpha value is -2.96. The van der Waals surface area contributed by atoms with Gasteiger partial charge < -0.3 is 14.2 Å². The van der Waals surface area contributed by atoms with Gasteiger partial charge >= 0.3 is 5.97 Å². The molecule has 0 bridgehead atoms. The monoisotopic (exact) mass is 385 g/mol. The lowest BCUT2D eigenvalue weighted by molar-refractivity contribution is -0.130. The van der Waals surface area contributed by atoms with E-state index in [0.717, 1.165) is 5.69 Å². The van der Waals surface area contributed by atoms with Gasteiger partial charge in [0.2, 0.25) is 5.91 Å². The second-order valence-corrected chi connectivity index (χ2v) is 6.65. The molecule has 0 saturated carbocycles. The van der Waals surface area contributed by atoms with E-state index < -0.39 is 5.97 Å². The molecule has 7 nitrogen and oxygen atoms in total. The van der Waals surface area contributed by atoms with Gasteiger partial charge in [-0.3, -0.25) is 14.6 Å². The van der Waals surface area contributed by atoms with Gasteiger partial charge in [-0.1, -0.05) is 13.0 Å². The third kappa shape index (κ3) is 4.47. The molecule has 0 spiro atoms. The summed E-state index contributed by atoms with van der Waals surface area (Å²) in [5, 5.41) is 0. The van der Waals surface area contributed by atoms with E-state index in [1.807, 2.05) is 18.2 Å². The number of Topliss-reactive ketones (excluding diaryl/α,β-unsaturated/α-hetero) is 1. The summed E-state index contributed by atoms with van der Waals surface area (Å²) in [7, 11) is 3.03. The zero-order valence-corrected chi connectivity index (χ0v) is 17.1. The smallest absolute Gasteiger partial charge is 0.354 e. The van der Waals surface area contributed by atoms with E-state index in [1.165, 1.54) is 7.11 Å². The average molecular weight is 385 g/mol. The van der Waals surface area contributed by atoms with Crippen molar-refractivity contribution in [2.24, 2.45) is 7.05 Å². The molecule has 0 radical (unpaired) electrons. The molecule has 0 unspecified atom stereocenters. The maximum atomic E-state index is 13.0. The summed E-state index contributed by atoms with van der Waals surface area (Å²) in [5.74, 6) is -0.772. The molecular weight excluding hydrogens is 358 g/mol. The molecule has 0 saturated heterocycles. The minimum atomic E-state index is -0.487. The normalized spacial score (nSPS) is 10.6. The predicted molar refractivity (Wildman–Crippen MR) is 105 cm³/mol. The fraction of sp³-hybridized carbons (Fsp3) is 0.429. The number of pyridine rings is 1. The molecule has 150 valence electrons. The molecule has 0 aromatic carbocycles. The number of carbonyl (C=O) groups excluding carboxylic acids is 3. The largest absolute Gasteiger partial charge is 0.464 e. The van der Waals surface area contributed by atoms with E-state index >= 15 is 0 Å². The van der Waals surface area contributed by atoms with E-state index in [0.29, 0.717) is 41.9 Å². The van der Waals surface area contributed by atoms with Crippen LogP contribution in [0.2, 0.25) is 0 Å². The van der Waals surface area contributed by atoms with Gasteiger partial charge in [0.1, 0.15) is 5.69 Å². The predicted octanol–water partition coefficient (Wildman–Crippen LogP) is 2.49. The topological polar surface area (TPSA) is 81.5 Å².